The number of carbonyl (C=O) groups excluding carboxylic acids is 2. The first-order valence-corrected chi connectivity index (χ1v) is 25.2. The third-order valence-corrected chi connectivity index (χ3v) is 12.1. The first-order chi connectivity index (χ1) is 29.4. The van der Waals surface area contributed by atoms with E-state index in [1.54, 1.807) is 0 Å². The van der Waals surface area contributed by atoms with Gasteiger partial charge >= 0.3 is 19.8 Å². The van der Waals surface area contributed by atoms with Crippen molar-refractivity contribution >= 4 is 19.8 Å². The smallest absolute Gasteiger partial charge is 0.462 e. The highest BCUT2D eigenvalue weighted by Crippen LogP contribution is 2.47. The van der Waals surface area contributed by atoms with Crippen LogP contribution in [0.5, 0.6) is 0 Å². The van der Waals surface area contributed by atoms with Crippen LogP contribution in [0, 0.1) is 0 Å². The molecule has 14 heteroatoms. The van der Waals surface area contributed by atoms with Gasteiger partial charge in [0.15, 0.2) is 6.10 Å². The van der Waals surface area contributed by atoms with Gasteiger partial charge in [0.2, 0.25) is 0 Å². The van der Waals surface area contributed by atoms with Crippen LogP contribution in [0.3, 0.4) is 0 Å². The van der Waals surface area contributed by atoms with Crippen molar-refractivity contribution in [3.63, 3.8) is 0 Å². The molecule has 0 spiro atoms. The Balaban J connectivity index is 2.46. The van der Waals surface area contributed by atoms with Gasteiger partial charge < -0.3 is 39.9 Å². The van der Waals surface area contributed by atoms with Crippen LogP contribution in [0.15, 0.2) is 37.0 Å². The number of aliphatic hydroxyl groups is 5. The highest BCUT2D eigenvalue weighted by atomic mass is 31.2. The van der Waals surface area contributed by atoms with Gasteiger partial charge in [-0.05, 0) is 51.4 Å². The van der Waals surface area contributed by atoms with Crippen LogP contribution in [-0.2, 0) is 32.7 Å². The number of ether oxygens (including phenoxy) is 2. The van der Waals surface area contributed by atoms with E-state index in [9.17, 15) is 44.6 Å². The molecule has 1 aliphatic rings. The van der Waals surface area contributed by atoms with E-state index in [-0.39, 0.29) is 12.8 Å². The minimum atomic E-state index is -5.13. The summed E-state index contributed by atoms with van der Waals surface area (Å²) < 4.78 is 33.5. The lowest BCUT2D eigenvalue weighted by Crippen LogP contribution is -2.64. The summed E-state index contributed by atoms with van der Waals surface area (Å²) in [5, 5.41) is 50.1. The second-order valence-corrected chi connectivity index (χ2v) is 18.1. The summed E-state index contributed by atoms with van der Waals surface area (Å²) in [6, 6.07) is 0. The summed E-state index contributed by atoms with van der Waals surface area (Å²) in [7, 11) is -5.13. The average molecular weight is 889 g/mol. The number of carbonyl (C=O) groups is 2. The second-order valence-electron chi connectivity index (χ2n) is 16.7. The molecule has 1 fully saturated rings. The Kier molecular flexibility index (Phi) is 35.0. The molecule has 0 saturated heterocycles. The van der Waals surface area contributed by atoms with E-state index in [1.807, 2.05) is 12.2 Å². The van der Waals surface area contributed by atoms with Crippen LogP contribution in [0.1, 0.15) is 193 Å². The normalized spacial score (nSPS) is 22.1. The van der Waals surface area contributed by atoms with Gasteiger partial charge in [-0.3, -0.25) is 18.6 Å². The standard InChI is InChI=1S/C47H85O13P/c1-3-5-7-9-11-13-15-17-19-20-22-23-25-27-29-31-33-35-40(48)57-37-39(38-58-61(55,56)60-47-45(53)43(51)42(50)44(52)46(47)54)59-41(49)36-34-32-30-28-26-24-21-18-16-14-12-10-8-6-4-2/h4,22-23,27,29,39,42-47,50-54H,2-3,5-21,24-26,28,30-38H2,1H3,(H,55,56)/b23-22+,29-27+/t39-,42?,43-,44?,45?,46?,47?/m0/s1. The largest absolute Gasteiger partial charge is 0.472 e. The molecule has 6 unspecified atom stereocenters. The Hall–Kier alpha value is -1.93. The Labute approximate surface area is 368 Å². The number of hydrogen-bond acceptors (Lipinski definition) is 12. The molecule has 0 bridgehead atoms. The minimum absolute atomic E-state index is 0.0872. The van der Waals surface area contributed by atoms with Crippen LogP contribution in [0.4, 0.5) is 0 Å². The zero-order valence-corrected chi connectivity index (χ0v) is 38.4. The molecule has 1 saturated carbocycles. The van der Waals surface area contributed by atoms with Crippen LogP contribution in [-0.4, -0.2) is 98.3 Å². The number of unbranched alkanes of at least 4 members (excludes halogenated alkanes) is 23. The van der Waals surface area contributed by atoms with Crippen LogP contribution >= 0.6 is 7.82 Å². The molecule has 356 valence electrons. The highest BCUT2D eigenvalue weighted by Gasteiger charge is 2.51. The van der Waals surface area contributed by atoms with Crippen molar-refractivity contribution in [2.45, 2.75) is 236 Å². The molecule has 0 radical (unpaired) electrons. The van der Waals surface area contributed by atoms with Gasteiger partial charge in [0.1, 0.15) is 43.2 Å². The zero-order valence-electron chi connectivity index (χ0n) is 37.5. The topological polar surface area (TPSA) is 210 Å². The van der Waals surface area contributed by atoms with Gasteiger partial charge in [-0.15, -0.1) is 6.58 Å². The van der Waals surface area contributed by atoms with E-state index in [4.69, 9.17) is 18.5 Å². The molecule has 1 rings (SSSR count). The lowest BCUT2D eigenvalue weighted by Gasteiger charge is -2.41. The molecule has 61 heavy (non-hydrogen) atoms. The summed E-state index contributed by atoms with van der Waals surface area (Å²) in [6.45, 7) is 4.80. The van der Waals surface area contributed by atoms with Crippen molar-refractivity contribution in [3.8, 4) is 0 Å². The van der Waals surface area contributed by atoms with E-state index >= 15 is 0 Å². The monoisotopic (exact) mass is 889 g/mol. The van der Waals surface area contributed by atoms with Crippen molar-refractivity contribution in [1.29, 1.82) is 0 Å². The van der Waals surface area contributed by atoms with Crippen LogP contribution in [0.25, 0.3) is 0 Å². The third kappa shape index (κ3) is 30.0. The minimum Gasteiger partial charge on any atom is -0.462 e. The van der Waals surface area contributed by atoms with Gasteiger partial charge in [0, 0.05) is 12.8 Å². The summed E-state index contributed by atoms with van der Waals surface area (Å²) in [4.78, 5) is 35.7. The van der Waals surface area contributed by atoms with Gasteiger partial charge in [-0.1, -0.05) is 159 Å². The number of allylic oxidation sites excluding steroid dienone is 5. The molecule has 6 N–H and O–H groups in total. The van der Waals surface area contributed by atoms with E-state index in [1.165, 1.54) is 109 Å². The number of esters is 2. The molecule has 0 aliphatic heterocycles. The Morgan fingerprint density at radius 1 is 0.557 bits per heavy atom. The van der Waals surface area contributed by atoms with Gasteiger partial charge in [-0.2, -0.15) is 0 Å². The second kappa shape index (κ2) is 37.4. The lowest BCUT2D eigenvalue weighted by atomic mass is 9.85. The molecular weight excluding hydrogens is 803 g/mol. The van der Waals surface area contributed by atoms with Gasteiger partial charge in [0.25, 0.3) is 0 Å². The maximum Gasteiger partial charge on any atom is 0.472 e. The summed E-state index contributed by atoms with van der Waals surface area (Å²) in [5.41, 5.74) is 0. The van der Waals surface area contributed by atoms with Crippen molar-refractivity contribution in [1.82, 2.24) is 0 Å². The number of phosphoric ester groups is 1. The number of phosphoric acid groups is 1. The average Bonchev–Trinajstić information content (AvgIpc) is 3.24. The van der Waals surface area contributed by atoms with Crippen molar-refractivity contribution < 1.29 is 63.1 Å². The van der Waals surface area contributed by atoms with Crippen molar-refractivity contribution in [2.24, 2.45) is 0 Å². The predicted octanol–water partition coefficient (Wildman–Crippen LogP) is 9.39. The Bertz CT molecular complexity index is 1200. The summed E-state index contributed by atoms with van der Waals surface area (Å²) >= 11 is 0. The van der Waals surface area contributed by atoms with Crippen LogP contribution < -0.4 is 0 Å². The molecule has 8 atom stereocenters. The van der Waals surface area contributed by atoms with E-state index in [2.05, 4.69) is 31.7 Å². The fourth-order valence-electron chi connectivity index (χ4n) is 7.25. The molecule has 13 nitrogen and oxygen atoms in total. The zero-order chi connectivity index (χ0) is 45.0. The Morgan fingerprint density at radius 3 is 1.49 bits per heavy atom. The van der Waals surface area contributed by atoms with Gasteiger partial charge in [-0.25, -0.2) is 4.57 Å². The highest BCUT2D eigenvalue weighted by molar-refractivity contribution is 7.47. The van der Waals surface area contributed by atoms with Crippen molar-refractivity contribution in [3.05, 3.63) is 37.0 Å². The third-order valence-electron chi connectivity index (χ3n) is 11.1. The number of rotatable bonds is 40. The van der Waals surface area contributed by atoms with Gasteiger partial charge in [0.05, 0.1) is 6.61 Å². The first-order valence-electron chi connectivity index (χ1n) is 23.8. The predicted molar refractivity (Wildman–Crippen MR) is 240 cm³/mol. The summed E-state index contributed by atoms with van der Waals surface area (Å²) in [5.74, 6) is -1.15. The molecule has 0 aromatic heterocycles. The summed E-state index contributed by atoms with van der Waals surface area (Å²) in [6.07, 6.45) is 28.1. The number of hydrogen-bond donors (Lipinski definition) is 6. The van der Waals surface area contributed by atoms with Crippen molar-refractivity contribution in [2.75, 3.05) is 13.2 Å². The molecular formula is C47H85O13P. The Morgan fingerprint density at radius 2 is 0.984 bits per heavy atom. The quantitative estimate of drug-likeness (QED) is 0.0147. The fraction of sp³-hybridized carbons (Fsp3) is 0.830. The molecule has 1 aliphatic carbocycles. The lowest BCUT2D eigenvalue weighted by molar-refractivity contribution is -0.220. The first kappa shape index (κ1) is 57.1. The van der Waals surface area contributed by atoms with Crippen LogP contribution in [0.2, 0.25) is 0 Å². The fourth-order valence-corrected chi connectivity index (χ4v) is 8.22. The molecule has 0 aromatic rings. The molecule has 0 amide bonds. The number of aliphatic hydroxyl groups excluding tert-OH is 5. The molecule has 0 aromatic carbocycles. The molecule has 0 heterocycles. The van der Waals surface area contributed by atoms with E-state index in [0.29, 0.717) is 19.3 Å². The van der Waals surface area contributed by atoms with E-state index in [0.717, 1.165) is 44.9 Å². The maximum absolute atomic E-state index is 12.8. The SMILES string of the molecule is C=CCCCCCCCCCCCCCCCC(=O)O[C@@H](COC(=O)CCC/C=C/C/C=C/CCCCCCCCCCC)COP(=O)(O)OC1C(O)C(O)C(O)[C@H](O)C1O. The maximum atomic E-state index is 12.8. The van der Waals surface area contributed by atoms with E-state index < -0.39 is 75.7 Å².